The van der Waals surface area contributed by atoms with Crippen LogP contribution in [-0.2, 0) is 32.6 Å². The molecule has 9 atom stereocenters. The Morgan fingerprint density at radius 3 is 1.78 bits per heavy atom. The van der Waals surface area contributed by atoms with Gasteiger partial charge in [0, 0.05) is 17.7 Å². The molecule has 68 heavy (non-hydrogen) atoms. The van der Waals surface area contributed by atoms with Gasteiger partial charge in [0.2, 0.25) is 0 Å². The maximum atomic E-state index is 16.8. The molecule has 352 valence electrons. The number of fused-ring (bicyclic) bond motifs is 2. The first-order valence-electron chi connectivity index (χ1n) is 20.9. The van der Waals surface area contributed by atoms with E-state index < -0.39 is 88.1 Å². The van der Waals surface area contributed by atoms with Crippen LogP contribution >= 0.6 is 7.75 Å². The lowest BCUT2D eigenvalue weighted by atomic mass is 10.1. The van der Waals surface area contributed by atoms with Crippen LogP contribution in [0.15, 0.2) is 86.0 Å². The second-order valence-electron chi connectivity index (χ2n) is 14.9. The highest BCUT2D eigenvalue weighted by molar-refractivity contribution is 7.51. The van der Waals surface area contributed by atoms with E-state index >= 15 is 8.78 Å². The molecule has 6 aromatic rings. The van der Waals surface area contributed by atoms with Crippen molar-refractivity contribution in [3.8, 4) is 12.1 Å². The second-order valence-corrected chi connectivity index (χ2v) is 16.7. The van der Waals surface area contributed by atoms with Crippen LogP contribution in [0.25, 0.3) is 22.3 Å². The summed E-state index contributed by atoms with van der Waals surface area (Å²) in [4.78, 5) is 64.0. The average Bonchev–Trinajstić information content (AvgIpc) is 4.13. The molecule has 2 aromatic carbocycles. The third kappa shape index (κ3) is 10.1. The molecule has 0 spiro atoms. The van der Waals surface area contributed by atoms with Gasteiger partial charge in [0.05, 0.1) is 50.3 Å². The highest BCUT2D eigenvalue weighted by Crippen LogP contribution is 2.51. The Balaban J connectivity index is 1.02. The summed E-state index contributed by atoms with van der Waals surface area (Å²) in [5.41, 5.74) is 0.958. The van der Waals surface area contributed by atoms with Gasteiger partial charge in [0.15, 0.2) is 64.9 Å². The molecule has 2 saturated heterocycles. The third-order valence-electron chi connectivity index (χ3n) is 10.6. The molecule has 2 aliphatic rings. The fourth-order valence-corrected chi connectivity index (χ4v) is 8.94. The second kappa shape index (κ2) is 21.1. The molecule has 0 bridgehead atoms. The van der Waals surface area contributed by atoms with Gasteiger partial charge >= 0.3 is 13.9 Å². The molecule has 0 saturated carbocycles. The summed E-state index contributed by atoms with van der Waals surface area (Å²) in [6, 6.07) is 20.3. The van der Waals surface area contributed by atoms with Crippen molar-refractivity contribution in [1.82, 2.24) is 44.1 Å². The van der Waals surface area contributed by atoms with Gasteiger partial charge in [-0.3, -0.25) is 27.8 Å². The molecule has 0 radical (unpaired) electrons. The maximum absolute atomic E-state index is 16.8. The number of aromatic nitrogens is 8. The summed E-state index contributed by atoms with van der Waals surface area (Å²) in [7, 11) is -4.72. The molecular formula is C42H40F2N13O10P. The average molecular weight is 956 g/mol. The number of nitrogens with zero attached hydrogens (tertiary/aromatic N) is 10. The van der Waals surface area contributed by atoms with Crippen molar-refractivity contribution < 1.29 is 55.7 Å². The summed E-state index contributed by atoms with van der Waals surface area (Å²) >= 11 is 0. The third-order valence-corrected chi connectivity index (χ3v) is 12.2. The minimum atomic E-state index is -4.72. The molecule has 2 aliphatic heterocycles. The highest BCUT2D eigenvalue weighted by atomic mass is 31.2. The standard InChI is InChI=1S/C42H40F2N13O10P/c1-2-26-33(29(44)41(64-26)57-23-52-31-35(48-21-50-37(31)57)55-39(59)25-13-7-4-8-14-25)67-68(61,63-18-10-16-46)53-19-27-32(66-42(60)62-17-9-15-45)28(43)40(65-27)56-22-51-30-34(47-20-49-36(30)56)54-38(58)24-11-5-3-6-12-24/h3-8,11-14,20-23,26-29,32-33,40-41H,2,9-10,17-19H2,1H3,(H,53,61)(H,47,49,54,58)(H,48,50,55,59)/t26-,27-,28-,29-,32-,33-,40?,41?,68?/m1/s1. The van der Waals surface area contributed by atoms with Crippen molar-refractivity contribution in [2.75, 3.05) is 30.4 Å². The Labute approximate surface area is 384 Å². The number of nitriles is 2. The number of hydrogen-bond donors (Lipinski definition) is 3. The molecule has 23 nitrogen and oxygen atoms in total. The summed E-state index contributed by atoms with van der Waals surface area (Å²) in [6.45, 7) is 0.208. The van der Waals surface area contributed by atoms with Gasteiger partial charge in [0.25, 0.3) is 11.8 Å². The van der Waals surface area contributed by atoms with E-state index in [-0.39, 0.29) is 59.8 Å². The number of anilines is 2. The van der Waals surface area contributed by atoms with E-state index in [0.717, 1.165) is 12.7 Å². The van der Waals surface area contributed by atoms with Crippen LogP contribution in [0, 0.1) is 22.7 Å². The van der Waals surface area contributed by atoms with Gasteiger partial charge in [-0.15, -0.1) is 0 Å². The van der Waals surface area contributed by atoms with E-state index in [1.54, 1.807) is 73.7 Å². The first kappa shape index (κ1) is 47.1. The van der Waals surface area contributed by atoms with Crippen LogP contribution in [0.1, 0.15) is 59.4 Å². The number of carbonyl (C=O) groups is 3. The van der Waals surface area contributed by atoms with Gasteiger partial charge in [0.1, 0.15) is 31.5 Å². The number of alkyl halides is 2. The van der Waals surface area contributed by atoms with Crippen LogP contribution in [0.4, 0.5) is 25.2 Å². The molecule has 3 N–H and O–H groups in total. The minimum Gasteiger partial charge on any atom is -0.433 e. The van der Waals surface area contributed by atoms with Crippen molar-refractivity contribution in [3.05, 3.63) is 97.1 Å². The number of carbonyl (C=O) groups excluding carboxylic acids is 3. The summed E-state index contributed by atoms with van der Waals surface area (Å²) in [6.07, 6.45) is -10.3. The quantitative estimate of drug-likeness (QED) is 0.0544. The molecule has 0 aliphatic carbocycles. The van der Waals surface area contributed by atoms with E-state index in [4.69, 9.17) is 33.3 Å². The molecular weight excluding hydrogens is 916 g/mol. The topological polar surface area (TPSA) is 295 Å². The van der Waals surface area contributed by atoms with Crippen molar-refractivity contribution in [3.63, 3.8) is 0 Å². The number of halogens is 2. The van der Waals surface area contributed by atoms with E-state index in [1.165, 1.54) is 21.8 Å². The SMILES string of the molecule is CC[C@H]1OC(n2cnc3c(NC(=O)c4ccccc4)ncnc32)[C@H](F)[C@@H]1OP(=O)(NC[C@H]1OC(n2cnc3c(NC(=O)c4ccccc4)ncnc32)[C@H](F)[C@@H]1OC(=O)OCCC#N)OCCC#N. The molecule has 3 unspecified atom stereocenters. The Hall–Kier alpha value is -7.38. The Morgan fingerprint density at radius 1 is 0.735 bits per heavy atom. The van der Waals surface area contributed by atoms with Gasteiger partial charge in [-0.05, 0) is 30.7 Å². The zero-order valence-electron chi connectivity index (χ0n) is 35.7. The van der Waals surface area contributed by atoms with Crippen molar-refractivity contribution in [2.24, 2.45) is 0 Å². The van der Waals surface area contributed by atoms with E-state index in [0.29, 0.717) is 11.1 Å². The zero-order valence-corrected chi connectivity index (χ0v) is 36.6. The van der Waals surface area contributed by atoms with Gasteiger partial charge in [-0.1, -0.05) is 43.3 Å². The smallest absolute Gasteiger partial charge is 0.433 e. The van der Waals surface area contributed by atoms with Gasteiger partial charge < -0.3 is 29.6 Å². The molecule has 26 heteroatoms. The van der Waals surface area contributed by atoms with E-state index in [1.807, 2.05) is 6.07 Å². The van der Waals surface area contributed by atoms with Gasteiger partial charge in [-0.25, -0.2) is 53.1 Å². The van der Waals surface area contributed by atoms with Crippen LogP contribution < -0.4 is 15.7 Å². The minimum absolute atomic E-state index is 0.00281. The van der Waals surface area contributed by atoms with Crippen LogP contribution in [0.2, 0.25) is 0 Å². The van der Waals surface area contributed by atoms with Crippen LogP contribution in [-0.4, -0.2) is 114 Å². The van der Waals surface area contributed by atoms with Crippen molar-refractivity contribution >= 4 is 59.7 Å². The number of ether oxygens (including phenoxy) is 4. The Bertz CT molecular complexity index is 2900. The van der Waals surface area contributed by atoms with Crippen LogP contribution in [0.3, 0.4) is 0 Å². The van der Waals surface area contributed by atoms with E-state index in [9.17, 15) is 24.2 Å². The molecule has 2 amide bonds. The number of benzene rings is 2. The lowest BCUT2D eigenvalue weighted by Gasteiger charge is -2.27. The first-order chi connectivity index (χ1) is 33.0. The Kier molecular flexibility index (Phi) is 14.6. The summed E-state index contributed by atoms with van der Waals surface area (Å²) < 4.78 is 84.6. The maximum Gasteiger partial charge on any atom is 0.508 e. The number of hydrogen-bond acceptors (Lipinski definition) is 18. The predicted octanol–water partition coefficient (Wildman–Crippen LogP) is 5.50. The lowest BCUT2D eigenvalue weighted by molar-refractivity contribution is -0.0327. The molecule has 6 heterocycles. The highest BCUT2D eigenvalue weighted by Gasteiger charge is 2.53. The number of nitrogens with one attached hydrogen (secondary N) is 3. The zero-order chi connectivity index (χ0) is 47.8. The number of rotatable bonds is 18. The fraction of sp³-hybridized carbons (Fsp3) is 0.357. The molecule has 2 fully saturated rings. The van der Waals surface area contributed by atoms with Crippen molar-refractivity contribution in [1.29, 1.82) is 10.5 Å². The summed E-state index contributed by atoms with van der Waals surface area (Å²) in [5.74, 6) is -0.935. The number of amides is 2. The van der Waals surface area contributed by atoms with Crippen molar-refractivity contribution in [2.45, 2.75) is 75.4 Å². The van der Waals surface area contributed by atoms with Crippen LogP contribution in [0.5, 0.6) is 0 Å². The summed E-state index contributed by atoms with van der Waals surface area (Å²) in [5, 5.41) is 26.1. The Morgan fingerprint density at radius 2 is 1.25 bits per heavy atom. The monoisotopic (exact) mass is 955 g/mol. The molecule has 8 rings (SSSR count). The van der Waals surface area contributed by atoms with Gasteiger partial charge in [-0.2, -0.15) is 10.5 Å². The lowest BCUT2D eigenvalue weighted by Crippen LogP contribution is -2.40. The first-order valence-corrected chi connectivity index (χ1v) is 22.5. The molecule has 4 aromatic heterocycles. The normalized spacial score (nSPS) is 23.1. The van der Waals surface area contributed by atoms with E-state index in [2.05, 4.69) is 45.6 Å². The number of imidazole rings is 2. The fourth-order valence-electron chi connectivity index (χ4n) is 7.41. The predicted molar refractivity (Wildman–Crippen MR) is 230 cm³/mol. The largest absolute Gasteiger partial charge is 0.508 e.